The molecular formula is C3H8ClMgN. The number of rotatable bonds is 2. The zero-order chi connectivity index (χ0) is 4.12. The van der Waals surface area contributed by atoms with Crippen LogP contribution in [-0.4, -0.2) is 29.6 Å². The zero-order valence-electron chi connectivity index (χ0n) is 2.87. The van der Waals surface area contributed by atoms with Gasteiger partial charge in [-0.15, -0.1) is 6.58 Å². The Hall–Kier alpha value is 0.756. The second-order valence-corrected chi connectivity index (χ2v) is 0.894. The van der Waals surface area contributed by atoms with Crippen LogP contribution in [0.5, 0.6) is 0 Å². The molecule has 0 spiro atoms. The molecule has 0 bridgehead atoms. The summed E-state index contributed by atoms with van der Waals surface area (Å²) in [5, 5.41) is 0. The van der Waals surface area contributed by atoms with Crippen LogP contribution in [0.4, 0.5) is 0 Å². The van der Waals surface area contributed by atoms with Crippen molar-refractivity contribution in [3.8, 4) is 0 Å². The summed E-state index contributed by atoms with van der Waals surface area (Å²) in [6.07, 6.45) is 1.69. The lowest BCUT2D eigenvalue weighted by Gasteiger charge is -1.75. The van der Waals surface area contributed by atoms with E-state index in [2.05, 4.69) is 11.4 Å². The Morgan fingerprint density at radius 3 is 2.33 bits per heavy atom. The molecule has 34 valence electrons. The molecule has 0 atom stereocenters. The van der Waals surface area contributed by atoms with Crippen molar-refractivity contribution in [3.63, 3.8) is 0 Å². The molecule has 0 aliphatic carbocycles. The lowest BCUT2D eigenvalue weighted by molar-refractivity contribution is 1.12. The molecule has 0 heterocycles. The van der Waals surface area contributed by atoms with Crippen molar-refractivity contribution in [2.75, 3.05) is 6.54 Å². The van der Waals surface area contributed by atoms with Crippen LogP contribution in [0, 0.1) is 0 Å². The predicted octanol–water partition coefficient (Wildman–Crippen LogP) is -0.000400. The number of halogens is 1. The van der Waals surface area contributed by atoms with Crippen LogP contribution in [-0.2, 0) is 0 Å². The second kappa shape index (κ2) is 9.23. The molecule has 0 saturated carbocycles. The van der Waals surface area contributed by atoms with E-state index in [1.54, 1.807) is 6.08 Å². The van der Waals surface area contributed by atoms with E-state index >= 15 is 0 Å². The maximum atomic E-state index is 4.98. The monoisotopic (exact) mass is 117 g/mol. The summed E-state index contributed by atoms with van der Waals surface area (Å²) in [7, 11) is 0. The highest BCUT2D eigenvalue weighted by Gasteiger charge is 1.59. The molecule has 0 unspecified atom stereocenters. The lowest BCUT2D eigenvalue weighted by atomic mass is 10.7. The third-order valence-electron chi connectivity index (χ3n) is 0.221. The Labute approximate surface area is 59.0 Å². The van der Waals surface area contributed by atoms with E-state index in [9.17, 15) is 0 Å². The van der Waals surface area contributed by atoms with Gasteiger partial charge < -0.3 is 0 Å². The van der Waals surface area contributed by atoms with Gasteiger partial charge in [0.15, 0.2) is 0 Å². The maximum absolute atomic E-state index is 4.98. The average molecular weight is 118 g/mol. The summed E-state index contributed by atoms with van der Waals surface area (Å²) in [5.74, 6) is 0. The van der Waals surface area contributed by atoms with Crippen LogP contribution in [0.1, 0.15) is 0 Å². The molecule has 0 amide bonds. The Kier molecular flexibility index (Phi) is 15.2. The Balaban J connectivity index is 0. The highest BCUT2D eigenvalue weighted by molar-refractivity contribution is 6.13. The zero-order valence-corrected chi connectivity index (χ0v) is 3.63. The molecule has 0 rings (SSSR count). The van der Waals surface area contributed by atoms with Gasteiger partial charge in [-0.1, -0.05) is 6.08 Å². The number of nitrogens with one attached hydrogen (secondary N) is 1. The van der Waals surface area contributed by atoms with E-state index in [0.29, 0.717) is 6.54 Å². The highest BCUT2D eigenvalue weighted by Crippen LogP contribution is 1.58. The van der Waals surface area contributed by atoms with Crippen LogP contribution in [0.3, 0.4) is 0 Å². The normalized spacial score (nSPS) is 6.17. The fraction of sp³-hybridized carbons (Fsp3) is 0.333. The van der Waals surface area contributed by atoms with Crippen LogP contribution >= 0.6 is 11.8 Å². The molecule has 1 N–H and O–H groups in total. The van der Waals surface area contributed by atoms with Crippen LogP contribution in [0.15, 0.2) is 12.7 Å². The molecule has 0 aromatic heterocycles. The van der Waals surface area contributed by atoms with Crippen LogP contribution in [0.25, 0.3) is 0 Å². The molecular weight excluding hydrogens is 110 g/mol. The Morgan fingerprint density at radius 2 is 2.33 bits per heavy atom. The molecule has 0 fully saturated rings. The smallest absolute Gasteiger partial charge is 0.230 e. The van der Waals surface area contributed by atoms with Crippen molar-refractivity contribution < 1.29 is 0 Å². The first-order valence-corrected chi connectivity index (χ1v) is 1.74. The fourth-order valence-electron chi connectivity index (χ4n) is 0.0546. The first-order valence-electron chi connectivity index (χ1n) is 1.36. The second-order valence-electron chi connectivity index (χ2n) is 0.626. The first kappa shape index (κ1) is 9.90. The lowest BCUT2D eigenvalue weighted by Crippen LogP contribution is -1.93. The highest BCUT2D eigenvalue weighted by atomic mass is 35.5. The van der Waals surface area contributed by atoms with Gasteiger partial charge in [-0.25, -0.2) is 4.84 Å². The summed E-state index contributed by atoms with van der Waals surface area (Å²) in [4.78, 5) is 2.37. The maximum Gasteiger partial charge on any atom is 0.316 e. The van der Waals surface area contributed by atoms with Gasteiger partial charge in [0.1, 0.15) is 0 Å². The average Bonchev–Trinajstić information content (AvgIpc) is 1.41. The topological polar surface area (TPSA) is 12.0 Å². The SMILES string of the molecule is C=CCNCl.[MgH2]. The van der Waals surface area contributed by atoms with Crippen LogP contribution < -0.4 is 4.84 Å². The van der Waals surface area contributed by atoms with Gasteiger partial charge in [0.25, 0.3) is 0 Å². The predicted molar refractivity (Wildman–Crippen MR) is 32.6 cm³/mol. The van der Waals surface area contributed by atoms with Gasteiger partial charge in [0.2, 0.25) is 0 Å². The van der Waals surface area contributed by atoms with Gasteiger partial charge >= 0.3 is 23.1 Å². The molecule has 6 heavy (non-hydrogen) atoms. The summed E-state index contributed by atoms with van der Waals surface area (Å²) in [6.45, 7) is 4.07. The minimum absolute atomic E-state index is 0. The van der Waals surface area contributed by atoms with Gasteiger partial charge in [-0.05, 0) is 11.8 Å². The Morgan fingerprint density at radius 1 is 1.83 bits per heavy atom. The summed E-state index contributed by atoms with van der Waals surface area (Å²) < 4.78 is 0. The van der Waals surface area contributed by atoms with Gasteiger partial charge in [0, 0.05) is 6.54 Å². The van der Waals surface area contributed by atoms with Gasteiger partial charge in [-0.3, -0.25) is 0 Å². The number of hydrogen-bond donors (Lipinski definition) is 1. The summed E-state index contributed by atoms with van der Waals surface area (Å²) in [6, 6.07) is 0. The first-order chi connectivity index (χ1) is 2.41. The van der Waals surface area contributed by atoms with E-state index in [-0.39, 0.29) is 23.1 Å². The largest absolute Gasteiger partial charge is 0.316 e. The summed E-state index contributed by atoms with van der Waals surface area (Å²) in [5.41, 5.74) is 0. The summed E-state index contributed by atoms with van der Waals surface area (Å²) >= 11 is 4.98. The fourth-order valence-corrected chi connectivity index (χ4v) is 0.164. The van der Waals surface area contributed by atoms with Crippen molar-refractivity contribution in [1.29, 1.82) is 0 Å². The molecule has 0 aliphatic rings. The van der Waals surface area contributed by atoms with Gasteiger partial charge in [-0.2, -0.15) is 0 Å². The van der Waals surface area contributed by atoms with E-state index in [1.807, 2.05) is 0 Å². The standard InChI is InChI=1S/C3H6ClN.Mg.2H/c1-2-3-5-4;;;/h2,5H,1,3H2;;;. The molecule has 0 aliphatic heterocycles. The third-order valence-corrected chi connectivity index (χ3v) is 0.376. The van der Waals surface area contributed by atoms with Crippen molar-refractivity contribution in [2.24, 2.45) is 0 Å². The molecule has 3 heteroatoms. The van der Waals surface area contributed by atoms with E-state index in [0.717, 1.165) is 0 Å². The van der Waals surface area contributed by atoms with E-state index < -0.39 is 0 Å². The molecule has 1 nitrogen and oxygen atoms in total. The van der Waals surface area contributed by atoms with E-state index in [1.165, 1.54) is 0 Å². The molecule has 0 aromatic rings. The van der Waals surface area contributed by atoms with Crippen molar-refractivity contribution in [2.45, 2.75) is 0 Å². The van der Waals surface area contributed by atoms with Crippen molar-refractivity contribution in [1.82, 2.24) is 4.84 Å². The van der Waals surface area contributed by atoms with Crippen molar-refractivity contribution in [3.05, 3.63) is 12.7 Å². The minimum atomic E-state index is 0. The minimum Gasteiger partial charge on any atom is -0.230 e. The number of hydrogen-bond acceptors (Lipinski definition) is 1. The van der Waals surface area contributed by atoms with Crippen molar-refractivity contribution >= 4 is 34.8 Å². The van der Waals surface area contributed by atoms with E-state index in [4.69, 9.17) is 11.8 Å². The van der Waals surface area contributed by atoms with Gasteiger partial charge in [0.05, 0.1) is 0 Å². The molecule has 0 saturated heterocycles. The molecule has 0 radical (unpaired) electrons. The Bertz CT molecular complexity index is 32.0. The third kappa shape index (κ3) is 8.83. The molecule has 0 aromatic carbocycles. The van der Waals surface area contributed by atoms with Crippen LogP contribution in [0.2, 0.25) is 0 Å². The quantitative estimate of drug-likeness (QED) is 0.305.